The van der Waals surface area contributed by atoms with E-state index in [0.29, 0.717) is 12.7 Å². The zero-order valence-corrected chi connectivity index (χ0v) is 8.95. The molecule has 0 spiro atoms. The molecule has 3 rings (SSSR count). The van der Waals surface area contributed by atoms with Crippen LogP contribution in [0.15, 0.2) is 12.1 Å². The van der Waals surface area contributed by atoms with Crippen molar-refractivity contribution >= 4 is 0 Å². The van der Waals surface area contributed by atoms with Gasteiger partial charge in [0.2, 0.25) is 6.79 Å². The van der Waals surface area contributed by atoms with Gasteiger partial charge in [0.05, 0.1) is 6.10 Å². The van der Waals surface area contributed by atoms with Gasteiger partial charge in [-0.05, 0) is 30.9 Å². The summed E-state index contributed by atoms with van der Waals surface area (Å²) in [6, 6.07) is 3.99. The summed E-state index contributed by atoms with van der Waals surface area (Å²) in [5.74, 6) is 3.15. The Kier molecular flexibility index (Phi) is 1.81. The topological polar surface area (TPSA) is 27.7 Å². The van der Waals surface area contributed by atoms with Crippen LogP contribution in [0.2, 0.25) is 0 Å². The van der Waals surface area contributed by atoms with Gasteiger partial charge in [-0.2, -0.15) is 0 Å². The van der Waals surface area contributed by atoms with Crippen LogP contribution in [0.25, 0.3) is 0 Å². The van der Waals surface area contributed by atoms with E-state index in [1.54, 1.807) is 0 Å². The molecule has 0 saturated carbocycles. The molecule has 1 aromatic carbocycles. The number of benzene rings is 1. The van der Waals surface area contributed by atoms with Crippen LogP contribution < -0.4 is 14.2 Å². The molecule has 3 heteroatoms. The van der Waals surface area contributed by atoms with Gasteiger partial charge >= 0.3 is 0 Å². The molecule has 0 N–H and O–H groups in total. The smallest absolute Gasteiger partial charge is 0.231 e. The zero-order chi connectivity index (χ0) is 10.4. The number of rotatable bonds is 0. The molecule has 2 atom stereocenters. The highest BCUT2D eigenvalue weighted by molar-refractivity contribution is 5.52. The standard InChI is InChI=1S/C12H14O3/c1-7-3-9-4-11-12(14-6-13-11)5-10(9)15-8(7)2/h4-5,7-8H,3,6H2,1-2H3. The predicted molar refractivity (Wildman–Crippen MR) is 55.5 cm³/mol. The van der Waals surface area contributed by atoms with E-state index >= 15 is 0 Å². The molecule has 0 saturated heterocycles. The molecule has 1 aromatic rings. The largest absolute Gasteiger partial charge is 0.490 e. The summed E-state index contributed by atoms with van der Waals surface area (Å²) >= 11 is 0. The van der Waals surface area contributed by atoms with Gasteiger partial charge < -0.3 is 14.2 Å². The molecule has 0 fully saturated rings. The second kappa shape index (κ2) is 3.05. The molecule has 0 radical (unpaired) electrons. The van der Waals surface area contributed by atoms with Crippen molar-refractivity contribution < 1.29 is 14.2 Å². The molecule has 2 aliphatic rings. The zero-order valence-electron chi connectivity index (χ0n) is 8.95. The number of hydrogen-bond acceptors (Lipinski definition) is 3. The minimum absolute atomic E-state index is 0.276. The Morgan fingerprint density at radius 3 is 2.60 bits per heavy atom. The number of fused-ring (bicyclic) bond motifs is 2. The SMILES string of the molecule is CC1Cc2cc3c(cc2OC1C)OCO3. The summed E-state index contributed by atoms with van der Waals surface area (Å²) in [6.07, 6.45) is 1.32. The summed E-state index contributed by atoms with van der Waals surface area (Å²) in [7, 11) is 0. The molecular weight excluding hydrogens is 192 g/mol. The Labute approximate surface area is 89.0 Å². The monoisotopic (exact) mass is 206 g/mol. The lowest BCUT2D eigenvalue weighted by Gasteiger charge is -2.29. The second-order valence-corrected chi connectivity index (χ2v) is 4.32. The first-order valence-electron chi connectivity index (χ1n) is 5.33. The molecule has 15 heavy (non-hydrogen) atoms. The van der Waals surface area contributed by atoms with E-state index in [1.165, 1.54) is 5.56 Å². The molecular formula is C12H14O3. The van der Waals surface area contributed by atoms with Gasteiger partial charge in [0.15, 0.2) is 11.5 Å². The van der Waals surface area contributed by atoms with Crippen molar-refractivity contribution in [2.75, 3.05) is 6.79 Å². The maximum atomic E-state index is 5.83. The molecule has 3 nitrogen and oxygen atoms in total. The normalized spacial score (nSPS) is 27.1. The van der Waals surface area contributed by atoms with Gasteiger partial charge in [-0.3, -0.25) is 0 Å². The molecule has 0 aliphatic carbocycles. The Morgan fingerprint density at radius 2 is 1.80 bits per heavy atom. The van der Waals surface area contributed by atoms with Crippen LogP contribution in [0.1, 0.15) is 19.4 Å². The van der Waals surface area contributed by atoms with Crippen molar-refractivity contribution in [1.29, 1.82) is 0 Å². The lowest BCUT2D eigenvalue weighted by Crippen LogP contribution is -2.27. The molecule has 0 bridgehead atoms. The van der Waals surface area contributed by atoms with Gasteiger partial charge in [0.25, 0.3) is 0 Å². The van der Waals surface area contributed by atoms with Crippen molar-refractivity contribution in [3.05, 3.63) is 17.7 Å². The Morgan fingerprint density at radius 1 is 1.07 bits per heavy atom. The van der Waals surface area contributed by atoms with Crippen LogP contribution in [-0.4, -0.2) is 12.9 Å². The fourth-order valence-corrected chi connectivity index (χ4v) is 2.06. The van der Waals surface area contributed by atoms with E-state index in [2.05, 4.69) is 13.8 Å². The van der Waals surface area contributed by atoms with E-state index in [-0.39, 0.29) is 6.10 Å². The highest BCUT2D eigenvalue weighted by Crippen LogP contribution is 2.41. The summed E-state index contributed by atoms with van der Waals surface area (Å²) in [5.41, 5.74) is 1.23. The maximum Gasteiger partial charge on any atom is 0.231 e. The third kappa shape index (κ3) is 1.34. The maximum absolute atomic E-state index is 5.83. The van der Waals surface area contributed by atoms with Crippen molar-refractivity contribution in [1.82, 2.24) is 0 Å². The van der Waals surface area contributed by atoms with Crippen LogP contribution in [-0.2, 0) is 6.42 Å². The van der Waals surface area contributed by atoms with Crippen molar-refractivity contribution in [3.63, 3.8) is 0 Å². The summed E-state index contributed by atoms with van der Waals surface area (Å²) in [4.78, 5) is 0. The molecule has 80 valence electrons. The first-order valence-corrected chi connectivity index (χ1v) is 5.33. The Bertz CT molecular complexity index is 363. The molecule has 2 aliphatic heterocycles. The first kappa shape index (κ1) is 8.89. The predicted octanol–water partition coefficient (Wildman–Crippen LogP) is 2.37. The third-order valence-electron chi connectivity index (χ3n) is 3.21. The van der Waals surface area contributed by atoms with Crippen LogP contribution in [0.3, 0.4) is 0 Å². The molecule has 2 unspecified atom stereocenters. The molecule has 2 heterocycles. The number of ether oxygens (including phenoxy) is 3. The Hall–Kier alpha value is -1.38. The van der Waals surface area contributed by atoms with E-state index in [9.17, 15) is 0 Å². The highest BCUT2D eigenvalue weighted by Gasteiger charge is 2.26. The third-order valence-corrected chi connectivity index (χ3v) is 3.21. The fraction of sp³-hybridized carbons (Fsp3) is 0.500. The Balaban J connectivity index is 2.04. The quantitative estimate of drug-likeness (QED) is 0.652. The van der Waals surface area contributed by atoms with Crippen molar-refractivity contribution in [2.45, 2.75) is 26.4 Å². The average molecular weight is 206 g/mol. The average Bonchev–Trinajstić information content (AvgIpc) is 2.63. The lowest BCUT2D eigenvalue weighted by molar-refractivity contribution is 0.139. The minimum Gasteiger partial charge on any atom is -0.490 e. The molecule has 0 amide bonds. The van der Waals surface area contributed by atoms with Crippen LogP contribution in [0, 0.1) is 5.92 Å². The first-order chi connectivity index (χ1) is 7.24. The van der Waals surface area contributed by atoms with E-state index < -0.39 is 0 Å². The highest BCUT2D eigenvalue weighted by atomic mass is 16.7. The van der Waals surface area contributed by atoms with Gasteiger partial charge in [-0.1, -0.05) is 6.92 Å². The minimum atomic E-state index is 0.276. The molecule has 0 aromatic heterocycles. The van der Waals surface area contributed by atoms with Gasteiger partial charge in [-0.15, -0.1) is 0 Å². The van der Waals surface area contributed by atoms with E-state index in [0.717, 1.165) is 23.7 Å². The fourth-order valence-electron chi connectivity index (χ4n) is 2.06. The van der Waals surface area contributed by atoms with Crippen LogP contribution in [0.4, 0.5) is 0 Å². The van der Waals surface area contributed by atoms with Gasteiger partial charge in [-0.25, -0.2) is 0 Å². The van der Waals surface area contributed by atoms with E-state index in [1.807, 2.05) is 12.1 Å². The van der Waals surface area contributed by atoms with Crippen LogP contribution in [0.5, 0.6) is 17.2 Å². The summed E-state index contributed by atoms with van der Waals surface area (Å²) < 4.78 is 16.5. The summed E-state index contributed by atoms with van der Waals surface area (Å²) in [5, 5.41) is 0. The number of hydrogen-bond donors (Lipinski definition) is 0. The van der Waals surface area contributed by atoms with E-state index in [4.69, 9.17) is 14.2 Å². The van der Waals surface area contributed by atoms with Gasteiger partial charge in [0, 0.05) is 6.07 Å². The lowest BCUT2D eigenvalue weighted by atomic mass is 9.93. The van der Waals surface area contributed by atoms with Gasteiger partial charge in [0.1, 0.15) is 5.75 Å². The summed E-state index contributed by atoms with van der Waals surface area (Å²) in [6.45, 7) is 4.64. The van der Waals surface area contributed by atoms with Crippen LogP contribution >= 0.6 is 0 Å². The van der Waals surface area contributed by atoms with Crippen molar-refractivity contribution in [3.8, 4) is 17.2 Å². The second-order valence-electron chi connectivity index (χ2n) is 4.32. The van der Waals surface area contributed by atoms with Crippen molar-refractivity contribution in [2.24, 2.45) is 5.92 Å².